The molecule has 0 bridgehead atoms. The second-order valence-electron chi connectivity index (χ2n) is 7.09. The van der Waals surface area contributed by atoms with Crippen LogP contribution in [-0.2, 0) is 11.2 Å². The number of aromatic amines is 1. The van der Waals surface area contributed by atoms with Crippen LogP contribution >= 0.6 is 0 Å². The SMILES string of the molecule is C=CCN(C)CCc1c[nH]c2c(OC3OC(C)C(O)C(O)C3O)cccc12. The third-order valence-electron chi connectivity index (χ3n) is 5.02. The third-order valence-corrected chi connectivity index (χ3v) is 5.02. The largest absolute Gasteiger partial charge is 0.460 e. The minimum atomic E-state index is -1.34. The minimum absolute atomic E-state index is 0.526. The number of benzene rings is 1. The van der Waals surface area contributed by atoms with Gasteiger partial charge < -0.3 is 34.7 Å². The monoisotopic (exact) mass is 376 g/mol. The van der Waals surface area contributed by atoms with Crippen molar-refractivity contribution in [1.82, 2.24) is 9.88 Å². The molecule has 7 nitrogen and oxygen atoms in total. The first-order valence-electron chi connectivity index (χ1n) is 9.17. The quantitative estimate of drug-likeness (QED) is 0.539. The number of H-pyrrole nitrogens is 1. The summed E-state index contributed by atoms with van der Waals surface area (Å²) in [5.41, 5.74) is 1.98. The highest BCUT2D eigenvalue weighted by Gasteiger charge is 2.43. The zero-order valence-corrected chi connectivity index (χ0v) is 15.7. The predicted molar refractivity (Wildman–Crippen MR) is 103 cm³/mol. The number of para-hydroxylation sites is 1. The fourth-order valence-electron chi connectivity index (χ4n) is 3.35. The van der Waals surface area contributed by atoms with Crippen LogP contribution in [0, 0.1) is 0 Å². The molecule has 3 rings (SSSR count). The molecule has 0 aliphatic carbocycles. The number of aliphatic hydroxyl groups excluding tert-OH is 3. The van der Waals surface area contributed by atoms with Gasteiger partial charge in [0.05, 0.1) is 11.6 Å². The van der Waals surface area contributed by atoms with Crippen molar-refractivity contribution in [2.75, 3.05) is 20.1 Å². The van der Waals surface area contributed by atoms with Gasteiger partial charge in [-0.25, -0.2) is 0 Å². The fraction of sp³-hybridized carbons (Fsp3) is 0.500. The standard InChI is InChI=1S/C20H28N2O5/c1-4-9-22(3)10-8-13-11-21-16-14(13)6-5-7-15(16)27-20-19(25)18(24)17(23)12(2)26-20/h4-7,11-12,17-21,23-25H,1,8-10H2,2-3H3. The molecule has 1 aliphatic rings. The van der Waals surface area contributed by atoms with Gasteiger partial charge in [-0.05, 0) is 32.0 Å². The molecule has 4 N–H and O–H groups in total. The van der Waals surface area contributed by atoms with Gasteiger partial charge in [-0.3, -0.25) is 0 Å². The van der Waals surface area contributed by atoms with Crippen molar-refractivity contribution in [3.8, 4) is 5.75 Å². The maximum atomic E-state index is 10.2. The van der Waals surface area contributed by atoms with Crippen LogP contribution in [0.3, 0.4) is 0 Å². The molecule has 5 atom stereocenters. The second-order valence-corrected chi connectivity index (χ2v) is 7.09. The highest BCUT2D eigenvalue weighted by molar-refractivity contribution is 5.88. The summed E-state index contributed by atoms with van der Waals surface area (Å²) in [7, 11) is 2.05. The van der Waals surface area contributed by atoms with Gasteiger partial charge in [-0.1, -0.05) is 18.2 Å². The number of rotatable bonds is 7. The molecule has 1 fully saturated rings. The first-order valence-corrected chi connectivity index (χ1v) is 9.17. The molecule has 1 aliphatic heterocycles. The van der Waals surface area contributed by atoms with Crippen molar-refractivity contribution in [2.45, 2.75) is 44.1 Å². The lowest BCUT2D eigenvalue weighted by Crippen LogP contribution is -2.58. The Kier molecular flexibility index (Phi) is 6.18. The summed E-state index contributed by atoms with van der Waals surface area (Å²) in [6.45, 7) is 7.11. The molecule has 1 aromatic carbocycles. The molecule has 2 heterocycles. The van der Waals surface area contributed by atoms with Crippen molar-refractivity contribution in [1.29, 1.82) is 0 Å². The smallest absolute Gasteiger partial charge is 0.229 e. The average molecular weight is 376 g/mol. The van der Waals surface area contributed by atoms with Gasteiger partial charge in [0, 0.05) is 24.7 Å². The van der Waals surface area contributed by atoms with E-state index in [1.807, 2.05) is 31.5 Å². The van der Waals surface area contributed by atoms with Gasteiger partial charge in [0.25, 0.3) is 0 Å². The number of hydrogen-bond acceptors (Lipinski definition) is 6. The van der Waals surface area contributed by atoms with E-state index < -0.39 is 30.7 Å². The average Bonchev–Trinajstić information content (AvgIpc) is 3.07. The number of aliphatic hydroxyl groups is 3. The normalized spacial score (nSPS) is 28.6. The van der Waals surface area contributed by atoms with Crippen molar-refractivity contribution in [2.24, 2.45) is 0 Å². The van der Waals surface area contributed by atoms with Crippen molar-refractivity contribution in [3.63, 3.8) is 0 Å². The number of fused-ring (bicyclic) bond motifs is 1. The molecule has 5 unspecified atom stereocenters. The van der Waals surface area contributed by atoms with Gasteiger partial charge >= 0.3 is 0 Å². The Balaban J connectivity index is 1.77. The summed E-state index contributed by atoms with van der Waals surface area (Å²) in [5.74, 6) is 0.526. The van der Waals surface area contributed by atoms with Crippen LogP contribution in [0.5, 0.6) is 5.75 Å². The van der Waals surface area contributed by atoms with E-state index in [1.165, 1.54) is 5.56 Å². The summed E-state index contributed by atoms with van der Waals surface area (Å²) >= 11 is 0. The molecule has 1 saturated heterocycles. The summed E-state index contributed by atoms with van der Waals surface area (Å²) in [4.78, 5) is 5.42. The predicted octanol–water partition coefficient (Wildman–Crippen LogP) is 1.03. The highest BCUT2D eigenvalue weighted by Crippen LogP contribution is 2.31. The molecule has 0 radical (unpaired) electrons. The Morgan fingerprint density at radius 1 is 1.26 bits per heavy atom. The van der Waals surface area contributed by atoms with E-state index in [0.29, 0.717) is 5.75 Å². The molecule has 0 saturated carbocycles. The highest BCUT2D eigenvalue weighted by atomic mass is 16.7. The van der Waals surface area contributed by atoms with Crippen molar-refractivity contribution < 1.29 is 24.8 Å². The van der Waals surface area contributed by atoms with E-state index in [-0.39, 0.29) is 0 Å². The Bertz CT molecular complexity index is 777. The summed E-state index contributed by atoms with van der Waals surface area (Å²) in [6, 6.07) is 5.68. The van der Waals surface area contributed by atoms with E-state index in [1.54, 1.807) is 13.0 Å². The van der Waals surface area contributed by atoms with Gasteiger partial charge in [0.15, 0.2) is 0 Å². The maximum Gasteiger partial charge on any atom is 0.229 e. The Morgan fingerprint density at radius 2 is 2.04 bits per heavy atom. The van der Waals surface area contributed by atoms with Gasteiger partial charge in [-0.2, -0.15) is 0 Å². The number of ether oxygens (including phenoxy) is 2. The second kappa shape index (κ2) is 8.41. The van der Waals surface area contributed by atoms with E-state index in [9.17, 15) is 15.3 Å². The summed E-state index contributed by atoms with van der Waals surface area (Å²) in [5, 5.41) is 31.0. The molecule has 2 aromatic rings. The van der Waals surface area contributed by atoms with Crippen LogP contribution in [0.4, 0.5) is 0 Å². The molecular formula is C20H28N2O5. The van der Waals surface area contributed by atoms with Crippen molar-refractivity contribution in [3.05, 3.63) is 42.6 Å². The maximum absolute atomic E-state index is 10.2. The van der Waals surface area contributed by atoms with E-state index >= 15 is 0 Å². The lowest BCUT2D eigenvalue weighted by molar-refractivity contribution is -0.267. The Morgan fingerprint density at radius 3 is 2.78 bits per heavy atom. The van der Waals surface area contributed by atoms with E-state index in [2.05, 4.69) is 16.5 Å². The summed E-state index contributed by atoms with van der Waals surface area (Å²) in [6.07, 6.45) is -0.812. The van der Waals surface area contributed by atoms with Gasteiger partial charge in [0.1, 0.15) is 24.1 Å². The molecule has 0 amide bonds. The van der Waals surface area contributed by atoms with E-state index in [0.717, 1.165) is 30.4 Å². The molecule has 27 heavy (non-hydrogen) atoms. The molecular weight excluding hydrogens is 348 g/mol. The van der Waals surface area contributed by atoms with Crippen LogP contribution in [0.15, 0.2) is 37.1 Å². The van der Waals surface area contributed by atoms with Gasteiger partial charge in [0.2, 0.25) is 6.29 Å². The molecule has 7 heteroatoms. The lowest BCUT2D eigenvalue weighted by Gasteiger charge is -2.38. The lowest BCUT2D eigenvalue weighted by atomic mass is 10.00. The van der Waals surface area contributed by atoms with Gasteiger partial charge in [-0.15, -0.1) is 6.58 Å². The first kappa shape index (κ1) is 19.9. The zero-order valence-electron chi connectivity index (χ0n) is 15.7. The fourth-order valence-corrected chi connectivity index (χ4v) is 3.35. The third kappa shape index (κ3) is 4.17. The Hall–Kier alpha value is -1.90. The van der Waals surface area contributed by atoms with Crippen LogP contribution < -0.4 is 4.74 Å². The number of aromatic nitrogens is 1. The van der Waals surface area contributed by atoms with Crippen LogP contribution in [0.2, 0.25) is 0 Å². The van der Waals surface area contributed by atoms with Crippen LogP contribution in [0.25, 0.3) is 10.9 Å². The molecule has 1 aromatic heterocycles. The topological polar surface area (TPSA) is 98.2 Å². The Labute approximate surface area is 158 Å². The number of hydrogen-bond donors (Lipinski definition) is 4. The number of nitrogens with one attached hydrogen (secondary N) is 1. The summed E-state index contributed by atoms with van der Waals surface area (Å²) < 4.78 is 11.4. The zero-order chi connectivity index (χ0) is 19.6. The van der Waals surface area contributed by atoms with Crippen LogP contribution in [0.1, 0.15) is 12.5 Å². The number of likely N-dealkylation sites (N-methyl/N-ethyl adjacent to an activating group) is 1. The minimum Gasteiger partial charge on any atom is -0.460 e. The number of nitrogens with zero attached hydrogens (tertiary/aromatic N) is 1. The van der Waals surface area contributed by atoms with Crippen LogP contribution in [-0.4, -0.2) is 76.0 Å². The van der Waals surface area contributed by atoms with Crippen molar-refractivity contribution >= 4 is 10.9 Å². The van der Waals surface area contributed by atoms with E-state index in [4.69, 9.17) is 9.47 Å². The first-order chi connectivity index (χ1) is 12.9. The molecule has 0 spiro atoms. The molecule has 148 valence electrons.